The number of rotatable bonds is 3. The van der Waals surface area contributed by atoms with Crippen molar-refractivity contribution in [1.29, 1.82) is 0 Å². The van der Waals surface area contributed by atoms with E-state index in [9.17, 15) is 9.90 Å². The molecule has 1 heterocycles. The number of tetrazole rings is 1. The summed E-state index contributed by atoms with van der Waals surface area (Å²) in [7, 11) is 0. The van der Waals surface area contributed by atoms with Gasteiger partial charge in [-0.25, -0.2) is 4.79 Å². The summed E-state index contributed by atoms with van der Waals surface area (Å²) in [4.78, 5) is 10.6. The van der Waals surface area contributed by atoms with Crippen molar-refractivity contribution in [2.24, 2.45) is 0 Å². The first kappa shape index (κ1) is 10.2. The molecule has 0 bridgehead atoms. The lowest BCUT2D eigenvalue weighted by molar-refractivity contribution is -0.146. The van der Waals surface area contributed by atoms with E-state index in [0.717, 1.165) is 0 Å². The number of aliphatic hydroxyl groups is 1. The summed E-state index contributed by atoms with van der Waals surface area (Å²) >= 11 is 0. The molecule has 0 radical (unpaired) electrons. The Bertz CT molecular complexity index is 497. The zero-order valence-corrected chi connectivity index (χ0v) is 8.03. The number of nitrogens with one attached hydrogen (secondary N) is 1. The van der Waals surface area contributed by atoms with E-state index in [1.165, 1.54) is 12.1 Å². The van der Waals surface area contributed by atoms with Crippen molar-refractivity contribution < 1.29 is 15.0 Å². The topological polar surface area (TPSA) is 112 Å². The van der Waals surface area contributed by atoms with E-state index in [-0.39, 0.29) is 5.56 Å². The van der Waals surface area contributed by atoms with Crippen LogP contribution in [0.15, 0.2) is 24.3 Å². The van der Waals surface area contributed by atoms with Crippen molar-refractivity contribution in [2.45, 2.75) is 6.10 Å². The first-order valence-corrected chi connectivity index (χ1v) is 4.43. The van der Waals surface area contributed by atoms with Crippen molar-refractivity contribution in [3.05, 3.63) is 29.8 Å². The first-order valence-electron chi connectivity index (χ1n) is 4.43. The number of aliphatic carboxylic acids is 1. The number of carboxylic acids is 1. The predicted molar refractivity (Wildman–Crippen MR) is 52.2 cm³/mol. The fourth-order valence-corrected chi connectivity index (χ4v) is 1.27. The Morgan fingerprint density at radius 1 is 1.44 bits per heavy atom. The Morgan fingerprint density at radius 3 is 2.88 bits per heavy atom. The molecule has 0 spiro atoms. The van der Waals surface area contributed by atoms with Crippen LogP contribution in [0, 0.1) is 0 Å². The van der Waals surface area contributed by atoms with E-state index in [1.54, 1.807) is 12.1 Å². The molecule has 1 aromatic carbocycles. The molecule has 1 aromatic heterocycles. The maximum atomic E-state index is 10.6. The molecule has 0 fully saturated rings. The second-order valence-electron chi connectivity index (χ2n) is 3.10. The van der Waals surface area contributed by atoms with Crippen LogP contribution in [0.4, 0.5) is 0 Å². The van der Waals surface area contributed by atoms with Crippen molar-refractivity contribution in [1.82, 2.24) is 20.6 Å². The molecule has 82 valence electrons. The van der Waals surface area contributed by atoms with Crippen molar-refractivity contribution >= 4 is 5.97 Å². The molecule has 0 aliphatic carbocycles. The number of carboxylic acid groups (broad SMARTS) is 1. The van der Waals surface area contributed by atoms with Gasteiger partial charge in [0.1, 0.15) is 0 Å². The average Bonchev–Trinajstić information content (AvgIpc) is 2.81. The molecule has 2 rings (SSSR count). The highest BCUT2D eigenvalue weighted by molar-refractivity contribution is 5.74. The van der Waals surface area contributed by atoms with Crippen LogP contribution >= 0.6 is 0 Å². The molecule has 3 N–H and O–H groups in total. The maximum Gasteiger partial charge on any atom is 0.337 e. The van der Waals surface area contributed by atoms with Gasteiger partial charge in [-0.1, -0.05) is 18.2 Å². The number of aromatic amines is 1. The zero-order chi connectivity index (χ0) is 11.5. The van der Waals surface area contributed by atoms with Crippen LogP contribution in [-0.2, 0) is 4.79 Å². The number of benzene rings is 1. The van der Waals surface area contributed by atoms with Crippen LogP contribution in [0.2, 0.25) is 0 Å². The van der Waals surface area contributed by atoms with Crippen molar-refractivity contribution in [3.63, 3.8) is 0 Å². The fourth-order valence-electron chi connectivity index (χ4n) is 1.27. The van der Waals surface area contributed by atoms with Gasteiger partial charge in [0.15, 0.2) is 6.10 Å². The van der Waals surface area contributed by atoms with Gasteiger partial charge >= 0.3 is 5.97 Å². The Labute approximate surface area is 89.7 Å². The summed E-state index contributed by atoms with van der Waals surface area (Å²) in [5, 5.41) is 31.2. The highest BCUT2D eigenvalue weighted by atomic mass is 16.4. The molecule has 0 amide bonds. The van der Waals surface area contributed by atoms with Crippen LogP contribution in [0.5, 0.6) is 0 Å². The third-order valence-electron chi connectivity index (χ3n) is 2.04. The molecule has 0 saturated carbocycles. The summed E-state index contributed by atoms with van der Waals surface area (Å²) in [5.41, 5.74) is 0.862. The predicted octanol–water partition coefficient (Wildman–Crippen LogP) is -0.0153. The van der Waals surface area contributed by atoms with Crippen molar-refractivity contribution in [3.8, 4) is 11.4 Å². The van der Waals surface area contributed by atoms with Gasteiger partial charge in [-0.15, -0.1) is 10.2 Å². The number of aromatic nitrogens is 4. The van der Waals surface area contributed by atoms with E-state index >= 15 is 0 Å². The van der Waals surface area contributed by atoms with Gasteiger partial charge in [-0.3, -0.25) is 0 Å². The minimum atomic E-state index is -1.55. The number of aliphatic hydroxyl groups excluding tert-OH is 1. The largest absolute Gasteiger partial charge is 0.479 e. The fraction of sp³-hybridized carbons (Fsp3) is 0.111. The molecule has 0 saturated heterocycles. The third kappa shape index (κ3) is 1.89. The van der Waals surface area contributed by atoms with E-state index in [0.29, 0.717) is 11.4 Å². The second-order valence-corrected chi connectivity index (χ2v) is 3.10. The van der Waals surface area contributed by atoms with Crippen LogP contribution in [-0.4, -0.2) is 36.8 Å². The molecule has 1 atom stereocenters. The quantitative estimate of drug-likeness (QED) is 0.670. The summed E-state index contributed by atoms with van der Waals surface area (Å²) in [5.74, 6) is -0.954. The number of hydrogen-bond acceptors (Lipinski definition) is 5. The van der Waals surface area contributed by atoms with Gasteiger partial charge < -0.3 is 10.2 Å². The number of H-pyrrole nitrogens is 1. The van der Waals surface area contributed by atoms with Gasteiger partial charge in [-0.2, -0.15) is 5.21 Å². The molecular weight excluding hydrogens is 212 g/mol. The zero-order valence-electron chi connectivity index (χ0n) is 8.03. The van der Waals surface area contributed by atoms with E-state index < -0.39 is 12.1 Å². The molecular formula is C9H8N4O3. The molecule has 7 heteroatoms. The highest BCUT2D eigenvalue weighted by Crippen LogP contribution is 2.19. The smallest absolute Gasteiger partial charge is 0.337 e. The second kappa shape index (κ2) is 4.07. The SMILES string of the molecule is O=C(O)C(O)c1cccc(-c2nn[nH]n2)c1. The lowest BCUT2D eigenvalue weighted by atomic mass is 10.1. The lowest BCUT2D eigenvalue weighted by Gasteiger charge is -2.06. The van der Waals surface area contributed by atoms with E-state index in [2.05, 4.69) is 20.6 Å². The third-order valence-corrected chi connectivity index (χ3v) is 2.04. The number of carbonyl (C=O) groups is 1. The molecule has 7 nitrogen and oxygen atoms in total. The monoisotopic (exact) mass is 220 g/mol. The van der Waals surface area contributed by atoms with Gasteiger partial charge in [0, 0.05) is 5.56 Å². The Kier molecular flexibility index (Phi) is 2.61. The minimum absolute atomic E-state index is 0.273. The molecule has 1 unspecified atom stereocenters. The van der Waals surface area contributed by atoms with Crippen LogP contribution < -0.4 is 0 Å². The van der Waals surface area contributed by atoms with Gasteiger partial charge in [0.05, 0.1) is 0 Å². The molecule has 2 aromatic rings. The normalized spacial score (nSPS) is 12.3. The molecule has 16 heavy (non-hydrogen) atoms. The van der Waals surface area contributed by atoms with E-state index in [4.69, 9.17) is 5.11 Å². The minimum Gasteiger partial charge on any atom is -0.479 e. The summed E-state index contributed by atoms with van der Waals surface area (Å²) in [6.07, 6.45) is -1.55. The first-order chi connectivity index (χ1) is 7.68. The van der Waals surface area contributed by atoms with Gasteiger partial charge in [-0.05, 0) is 16.8 Å². The van der Waals surface area contributed by atoms with Crippen LogP contribution in [0.25, 0.3) is 11.4 Å². The molecule has 0 aliphatic heterocycles. The Hall–Kier alpha value is -2.28. The van der Waals surface area contributed by atoms with Gasteiger partial charge in [0.2, 0.25) is 5.82 Å². The maximum absolute atomic E-state index is 10.6. The van der Waals surface area contributed by atoms with Crippen LogP contribution in [0.1, 0.15) is 11.7 Å². The van der Waals surface area contributed by atoms with Crippen molar-refractivity contribution in [2.75, 3.05) is 0 Å². The standard InChI is InChI=1S/C9H8N4O3/c14-7(9(15)16)5-2-1-3-6(4-5)8-10-12-13-11-8/h1-4,7,14H,(H,15,16)(H,10,11,12,13). The van der Waals surface area contributed by atoms with Crippen LogP contribution in [0.3, 0.4) is 0 Å². The Morgan fingerprint density at radius 2 is 2.25 bits per heavy atom. The highest BCUT2D eigenvalue weighted by Gasteiger charge is 2.16. The summed E-state index contributed by atoms with van der Waals surface area (Å²) in [6.45, 7) is 0. The summed E-state index contributed by atoms with van der Waals surface area (Å²) in [6, 6.07) is 6.34. The van der Waals surface area contributed by atoms with Gasteiger partial charge in [0.25, 0.3) is 0 Å². The summed E-state index contributed by atoms with van der Waals surface area (Å²) < 4.78 is 0. The Balaban J connectivity index is 2.37. The molecule has 0 aliphatic rings. The number of hydrogen-bond donors (Lipinski definition) is 3. The lowest BCUT2D eigenvalue weighted by Crippen LogP contribution is -2.10. The average molecular weight is 220 g/mol. The number of nitrogens with zero attached hydrogens (tertiary/aromatic N) is 3. The van der Waals surface area contributed by atoms with E-state index in [1.807, 2.05) is 0 Å².